The van der Waals surface area contributed by atoms with Gasteiger partial charge in [0, 0.05) is 23.2 Å². The highest BCUT2D eigenvalue weighted by atomic mass is 19.4. The third-order valence-electron chi connectivity index (χ3n) is 5.73. The molecule has 8 heteroatoms. The summed E-state index contributed by atoms with van der Waals surface area (Å²) in [6.07, 6.45) is -7.11. The van der Waals surface area contributed by atoms with E-state index < -0.39 is 34.3 Å². The van der Waals surface area contributed by atoms with Gasteiger partial charge in [-0.05, 0) is 41.5 Å². The Kier molecular flexibility index (Phi) is 5.87. The van der Waals surface area contributed by atoms with Crippen LogP contribution >= 0.6 is 0 Å². The van der Waals surface area contributed by atoms with Gasteiger partial charge in [0.25, 0.3) is 0 Å². The van der Waals surface area contributed by atoms with Crippen molar-refractivity contribution in [1.29, 1.82) is 0 Å². The lowest BCUT2D eigenvalue weighted by Crippen LogP contribution is -2.30. The molecular formula is C24H22F6N2. The predicted octanol–water partition coefficient (Wildman–Crippen LogP) is 7.17. The molecule has 0 N–H and O–H groups in total. The van der Waals surface area contributed by atoms with Crippen molar-refractivity contribution in [3.63, 3.8) is 0 Å². The molecule has 0 fully saturated rings. The largest absolute Gasteiger partial charge is 0.416 e. The van der Waals surface area contributed by atoms with Crippen molar-refractivity contribution in [1.82, 2.24) is 9.97 Å². The normalized spacial score (nSPS) is 13.3. The van der Waals surface area contributed by atoms with Gasteiger partial charge < -0.3 is 0 Å². The molecule has 3 rings (SSSR count). The van der Waals surface area contributed by atoms with Crippen LogP contribution in [0, 0.1) is 0 Å². The van der Waals surface area contributed by atoms with Gasteiger partial charge in [-0.2, -0.15) is 26.3 Å². The fraction of sp³-hybridized carbons (Fsp3) is 0.333. The third kappa shape index (κ3) is 4.36. The molecule has 3 aromatic rings. The van der Waals surface area contributed by atoms with Crippen molar-refractivity contribution in [3.05, 3.63) is 94.6 Å². The number of alkyl halides is 6. The molecular weight excluding hydrogens is 430 g/mol. The zero-order valence-corrected chi connectivity index (χ0v) is 17.9. The monoisotopic (exact) mass is 452 g/mol. The summed E-state index contributed by atoms with van der Waals surface area (Å²) in [5.74, 6) is 0. The Labute approximate surface area is 182 Å². The van der Waals surface area contributed by atoms with Crippen molar-refractivity contribution in [2.75, 3.05) is 0 Å². The molecule has 0 aliphatic rings. The minimum atomic E-state index is -4.99. The van der Waals surface area contributed by atoms with Crippen molar-refractivity contribution < 1.29 is 26.3 Å². The average molecular weight is 452 g/mol. The molecule has 1 aromatic carbocycles. The van der Waals surface area contributed by atoms with Gasteiger partial charge in [-0.15, -0.1) is 0 Å². The molecule has 0 radical (unpaired) electrons. The lowest BCUT2D eigenvalue weighted by atomic mass is 9.72. The molecule has 2 heterocycles. The van der Waals surface area contributed by atoms with Gasteiger partial charge in [-0.25, -0.2) is 0 Å². The standard InChI is InChI=1S/C24H22F6N2/c1-21(2,19-9-5-7-11-31-19)15-13-16(22(3,4)20-10-6-8-12-32-20)18(24(28,29)30)14-17(15)23(25,26)27/h5-14H,1-4H3. The number of hydrogen-bond acceptors (Lipinski definition) is 2. The van der Waals surface area contributed by atoms with Crippen LogP contribution in [0.1, 0.15) is 61.3 Å². The molecule has 0 atom stereocenters. The van der Waals surface area contributed by atoms with Crippen LogP contribution in [0.15, 0.2) is 60.9 Å². The van der Waals surface area contributed by atoms with E-state index in [1.54, 1.807) is 36.4 Å². The number of aromatic nitrogens is 2. The highest BCUT2D eigenvalue weighted by molar-refractivity contribution is 5.52. The fourth-order valence-corrected chi connectivity index (χ4v) is 3.84. The molecule has 2 aromatic heterocycles. The summed E-state index contributed by atoms with van der Waals surface area (Å²) in [5, 5.41) is 0. The zero-order valence-electron chi connectivity index (χ0n) is 17.9. The van der Waals surface area contributed by atoms with Crippen LogP contribution in [0.25, 0.3) is 0 Å². The number of nitrogens with zero attached hydrogens (tertiary/aromatic N) is 2. The van der Waals surface area contributed by atoms with Gasteiger partial charge in [-0.3, -0.25) is 9.97 Å². The summed E-state index contributed by atoms with van der Waals surface area (Å²) in [6, 6.07) is 10.8. The quantitative estimate of drug-likeness (QED) is 0.392. The van der Waals surface area contributed by atoms with E-state index in [1.807, 2.05) is 0 Å². The second-order valence-electron chi connectivity index (χ2n) is 8.62. The fourth-order valence-electron chi connectivity index (χ4n) is 3.84. The first kappa shape index (κ1) is 23.8. The van der Waals surface area contributed by atoms with Crippen molar-refractivity contribution in [2.45, 2.75) is 50.9 Å². The second-order valence-corrected chi connectivity index (χ2v) is 8.62. The van der Waals surface area contributed by atoms with Crippen LogP contribution in [-0.2, 0) is 23.2 Å². The van der Waals surface area contributed by atoms with Crippen molar-refractivity contribution in [3.8, 4) is 0 Å². The molecule has 0 aliphatic carbocycles. The molecule has 0 unspecified atom stereocenters. The van der Waals surface area contributed by atoms with Crippen molar-refractivity contribution >= 4 is 0 Å². The van der Waals surface area contributed by atoms with Gasteiger partial charge in [0.1, 0.15) is 0 Å². The Morgan fingerprint density at radius 3 is 1.16 bits per heavy atom. The third-order valence-corrected chi connectivity index (χ3v) is 5.73. The van der Waals surface area contributed by atoms with Crippen LogP contribution in [0.4, 0.5) is 26.3 Å². The maximum absolute atomic E-state index is 14.0. The molecule has 32 heavy (non-hydrogen) atoms. The van der Waals surface area contributed by atoms with E-state index in [1.165, 1.54) is 40.1 Å². The van der Waals surface area contributed by atoms with Gasteiger partial charge in [0.2, 0.25) is 0 Å². The average Bonchev–Trinajstić information content (AvgIpc) is 2.72. The minimum absolute atomic E-state index is 0.222. The van der Waals surface area contributed by atoms with Gasteiger partial charge in [-0.1, -0.05) is 45.9 Å². The molecule has 2 nitrogen and oxygen atoms in total. The van der Waals surface area contributed by atoms with E-state index in [-0.39, 0.29) is 17.2 Å². The lowest BCUT2D eigenvalue weighted by Gasteiger charge is -2.34. The summed E-state index contributed by atoms with van der Waals surface area (Å²) >= 11 is 0. The summed E-state index contributed by atoms with van der Waals surface area (Å²) in [4.78, 5) is 8.34. The molecule has 0 aliphatic heterocycles. The van der Waals surface area contributed by atoms with E-state index >= 15 is 0 Å². The maximum Gasteiger partial charge on any atom is 0.416 e. The minimum Gasteiger partial charge on any atom is -0.260 e. The zero-order chi connectivity index (χ0) is 23.9. The molecule has 0 bridgehead atoms. The molecule has 0 spiro atoms. The first-order valence-electron chi connectivity index (χ1n) is 9.83. The van der Waals surface area contributed by atoms with Crippen molar-refractivity contribution in [2.24, 2.45) is 0 Å². The SMILES string of the molecule is CC(C)(c1ccccn1)c1cc(C(C)(C)c2ccccn2)c(C(F)(F)F)cc1C(F)(F)F. The summed E-state index contributed by atoms with van der Waals surface area (Å²) in [6.45, 7) is 6.07. The van der Waals surface area contributed by atoms with Crippen LogP contribution in [0.2, 0.25) is 0 Å². The van der Waals surface area contributed by atoms with Gasteiger partial charge in [0.05, 0.1) is 22.5 Å². The van der Waals surface area contributed by atoms with Gasteiger partial charge >= 0.3 is 12.4 Å². The highest BCUT2D eigenvalue weighted by Gasteiger charge is 2.46. The predicted molar refractivity (Wildman–Crippen MR) is 109 cm³/mol. The molecule has 0 amide bonds. The summed E-state index contributed by atoms with van der Waals surface area (Å²) < 4.78 is 84.1. The second kappa shape index (κ2) is 7.90. The maximum atomic E-state index is 14.0. The number of hydrogen-bond donors (Lipinski definition) is 0. The Morgan fingerprint density at radius 2 is 0.875 bits per heavy atom. The highest BCUT2D eigenvalue weighted by Crippen LogP contribution is 2.47. The van der Waals surface area contributed by atoms with Crippen LogP contribution < -0.4 is 0 Å². The van der Waals surface area contributed by atoms with Gasteiger partial charge in [0.15, 0.2) is 0 Å². The number of halogens is 6. The Hall–Kier alpha value is -2.90. The van der Waals surface area contributed by atoms with E-state index in [4.69, 9.17) is 0 Å². The number of rotatable bonds is 4. The number of pyridine rings is 2. The molecule has 0 saturated carbocycles. The summed E-state index contributed by atoms with van der Waals surface area (Å²) in [5.41, 5.74) is -5.23. The Balaban J connectivity index is 2.41. The van der Waals surface area contributed by atoms with E-state index in [2.05, 4.69) is 9.97 Å². The van der Waals surface area contributed by atoms with E-state index in [0.717, 1.165) is 6.07 Å². The Bertz CT molecular complexity index is 1000. The lowest BCUT2D eigenvalue weighted by molar-refractivity contribution is -0.144. The Morgan fingerprint density at radius 1 is 0.531 bits per heavy atom. The first-order chi connectivity index (χ1) is 14.7. The van der Waals surface area contributed by atoms with E-state index in [0.29, 0.717) is 11.4 Å². The first-order valence-corrected chi connectivity index (χ1v) is 9.83. The smallest absolute Gasteiger partial charge is 0.260 e. The van der Waals surface area contributed by atoms with E-state index in [9.17, 15) is 26.3 Å². The van der Waals surface area contributed by atoms with Crippen LogP contribution in [0.3, 0.4) is 0 Å². The topological polar surface area (TPSA) is 25.8 Å². The van der Waals surface area contributed by atoms with Crippen LogP contribution in [0.5, 0.6) is 0 Å². The summed E-state index contributed by atoms with van der Waals surface area (Å²) in [7, 11) is 0. The number of benzene rings is 1. The molecule has 0 saturated heterocycles. The molecule has 170 valence electrons. The van der Waals surface area contributed by atoms with Crippen LogP contribution in [-0.4, -0.2) is 9.97 Å².